The third kappa shape index (κ3) is 2.51. The van der Waals surface area contributed by atoms with Crippen LogP contribution in [-0.2, 0) is 0 Å². The van der Waals surface area contributed by atoms with E-state index in [0.29, 0.717) is 22.1 Å². The maximum Gasteiger partial charge on any atom is 0.248 e. The van der Waals surface area contributed by atoms with E-state index in [0.717, 1.165) is 22.7 Å². The second kappa shape index (κ2) is 5.11. The Kier molecular flexibility index (Phi) is 3.41. The first-order valence-corrected chi connectivity index (χ1v) is 6.97. The molecule has 0 bridgehead atoms. The lowest BCUT2D eigenvalue weighted by Gasteiger charge is -2.05. The molecule has 5 heteroatoms. The van der Waals surface area contributed by atoms with Gasteiger partial charge in [0.15, 0.2) is 5.82 Å². The van der Waals surface area contributed by atoms with Crippen LogP contribution < -0.4 is 0 Å². The van der Waals surface area contributed by atoms with Gasteiger partial charge in [-0.25, -0.2) is 9.37 Å². The molecule has 2 nitrogen and oxygen atoms in total. The maximum atomic E-state index is 13.3. The Morgan fingerprint density at radius 3 is 2.57 bits per heavy atom. The summed E-state index contributed by atoms with van der Waals surface area (Å²) in [6.45, 7) is 4.18. The molecular weight excluding hydrogens is 294 g/mol. The topological polar surface area (TPSA) is 28.7 Å². The molecule has 0 amide bonds. The largest absolute Gasteiger partial charge is 0.358 e. The van der Waals surface area contributed by atoms with E-state index < -0.39 is 11.8 Å². The molecule has 0 saturated heterocycles. The van der Waals surface area contributed by atoms with Crippen LogP contribution in [0.4, 0.5) is 8.78 Å². The molecule has 0 radical (unpaired) electrons. The van der Waals surface area contributed by atoms with E-state index in [9.17, 15) is 8.78 Å². The minimum atomic E-state index is -1.11. The predicted octanol–water partition coefficient (Wildman–Crippen LogP) is 5.28. The second-order valence-electron chi connectivity index (χ2n) is 5.30. The average Bonchev–Trinajstić information content (AvgIpc) is 2.84. The van der Waals surface area contributed by atoms with Crippen LogP contribution in [0, 0.1) is 11.8 Å². The zero-order chi connectivity index (χ0) is 15.1. The molecular formula is C16H13ClF2N2. The number of aromatic amines is 1. The lowest BCUT2D eigenvalue weighted by Crippen LogP contribution is -1.91. The van der Waals surface area contributed by atoms with Crippen molar-refractivity contribution in [3.8, 4) is 11.1 Å². The van der Waals surface area contributed by atoms with Crippen LogP contribution in [0.15, 0.2) is 30.5 Å². The molecule has 2 aromatic heterocycles. The van der Waals surface area contributed by atoms with Gasteiger partial charge in [0.05, 0.1) is 0 Å². The van der Waals surface area contributed by atoms with Crippen LogP contribution >= 0.6 is 11.6 Å². The predicted molar refractivity (Wildman–Crippen MR) is 80.5 cm³/mol. The van der Waals surface area contributed by atoms with E-state index in [4.69, 9.17) is 11.6 Å². The highest BCUT2D eigenvalue weighted by atomic mass is 35.5. The lowest BCUT2D eigenvalue weighted by atomic mass is 10.1. The number of hydrogen-bond acceptors (Lipinski definition) is 1. The number of nitrogens with zero attached hydrogens (tertiary/aromatic N) is 1. The molecule has 0 saturated carbocycles. The summed E-state index contributed by atoms with van der Waals surface area (Å²) in [5, 5.41) is 1.47. The van der Waals surface area contributed by atoms with Gasteiger partial charge in [-0.1, -0.05) is 25.4 Å². The molecule has 0 fully saturated rings. The zero-order valence-electron chi connectivity index (χ0n) is 11.5. The monoisotopic (exact) mass is 306 g/mol. The molecule has 0 atom stereocenters. The SMILES string of the molecule is CC(C)c1cc2cc(Cl)c(-c3cnc(F)c(F)c3)cc2[nH]1. The lowest BCUT2D eigenvalue weighted by molar-refractivity contribution is 0.480. The molecule has 0 aliphatic heterocycles. The molecule has 1 N–H and O–H groups in total. The van der Waals surface area contributed by atoms with E-state index in [-0.39, 0.29) is 0 Å². The number of benzene rings is 1. The van der Waals surface area contributed by atoms with E-state index in [1.165, 1.54) is 6.20 Å². The molecule has 108 valence electrons. The fourth-order valence-electron chi connectivity index (χ4n) is 2.28. The summed E-state index contributed by atoms with van der Waals surface area (Å²) in [4.78, 5) is 6.71. The van der Waals surface area contributed by atoms with Gasteiger partial charge in [0.1, 0.15) is 0 Å². The number of halogens is 3. The Morgan fingerprint density at radius 2 is 1.90 bits per heavy atom. The van der Waals surface area contributed by atoms with Crippen molar-refractivity contribution in [2.75, 3.05) is 0 Å². The fraction of sp³-hybridized carbons (Fsp3) is 0.188. The smallest absolute Gasteiger partial charge is 0.248 e. The van der Waals surface area contributed by atoms with E-state index in [1.807, 2.05) is 18.2 Å². The summed E-state index contributed by atoms with van der Waals surface area (Å²) in [6.07, 6.45) is 1.28. The number of nitrogens with one attached hydrogen (secondary N) is 1. The first-order chi connectivity index (χ1) is 9.95. The van der Waals surface area contributed by atoms with Crippen LogP contribution in [0.25, 0.3) is 22.0 Å². The van der Waals surface area contributed by atoms with Gasteiger partial charge in [0.25, 0.3) is 0 Å². The van der Waals surface area contributed by atoms with Crippen LogP contribution in [0.2, 0.25) is 5.02 Å². The molecule has 3 rings (SSSR count). The summed E-state index contributed by atoms with van der Waals surface area (Å²) in [5.74, 6) is -1.74. The Labute approximate surface area is 125 Å². The number of fused-ring (bicyclic) bond motifs is 1. The number of hydrogen-bond donors (Lipinski definition) is 1. The van der Waals surface area contributed by atoms with Gasteiger partial charge < -0.3 is 4.98 Å². The normalized spacial score (nSPS) is 11.5. The van der Waals surface area contributed by atoms with Gasteiger partial charge in [-0.2, -0.15) is 4.39 Å². The van der Waals surface area contributed by atoms with Gasteiger partial charge in [-0.3, -0.25) is 0 Å². The molecule has 1 aromatic carbocycles. The van der Waals surface area contributed by atoms with Gasteiger partial charge in [-0.15, -0.1) is 0 Å². The summed E-state index contributed by atoms with van der Waals surface area (Å²) in [5.41, 5.74) is 3.07. The molecule has 0 spiro atoms. The van der Waals surface area contributed by atoms with E-state index >= 15 is 0 Å². The number of aromatic nitrogens is 2. The summed E-state index contributed by atoms with van der Waals surface area (Å²) >= 11 is 6.26. The first-order valence-electron chi connectivity index (χ1n) is 6.59. The third-order valence-corrected chi connectivity index (χ3v) is 3.77. The van der Waals surface area contributed by atoms with Gasteiger partial charge in [-0.05, 0) is 30.2 Å². The van der Waals surface area contributed by atoms with Crippen LogP contribution in [0.1, 0.15) is 25.5 Å². The minimum Gasteiger partial charge on any atom is -0.358 e. The van der Waals surface area contributed by atoms with Crippen molar-refractivity contribution < 1.29 is 8.78 Å². The number of H-pyrrole nitrogens is 1. The fourth-order valence-corrected chi connectivity index (χ4v) is 2.56. The highest BCUT2D eigenvalue weighted by Crippen LogP contribution is 2.33. The van der Waals surface area contributed by atoms with E-state index in [2.05, 4.69) is 23.8 Å². The number of pyridine rings is 1. The van der Waals surface area contributed by atoms with Gasteiger partial charge in [0.2, 0.25) is 5.95 Å². The Hall–Kier alpha value is -1.94. The first kappa shape index (κ1) is 14.0. The maximum absolute atomic E-state index is 13.3. The summed E-state index contributed by atoms with van der Waals surface area (Å²) < 4.78 is 26.3. The van der Waals surface area contributed by atoms with Crippen molar-refractivity contribution >= 4 is 22.5 Å². The minimum absolute atomic E-state index is 0.365. The molecule has 3 aromatic rings. The highest BCUT2D eigenvalue weighted by Gasteiger charge is 2.12. The van der Waals surface area contributed by atoms with Crippen molar-refractivity contribution in [1.82, 2.24) is 9.97 Å². The molecule has 2 heterocycles. The van der Waals surface area contributed by atoms with Crippen molar-refractivity contribution in [3.05, 3.63) is 52.9 Å². The Morgan fingerprint density at radius 1 is 1.14 bits per heavy atom. The van der Waals surface area contributed by atoms with Gasteiger partial charge in [0, 0.05) is 38.9 Å². The van der Waals surface area contributed by atoms with Crippen molar-refractivity contribution in [2.45, 2.75) is 19.8 Å². The van der Waals surface area contributed by atoms with Crippen LogP contribution in [-0.4, -0.2) is 9.97 Å². The van der Waals surface area contributed by atoms with Gasteiger partial charge >= 0.3 is 0 Å². The molecule has 0 unspecified atom stereocenters. The molecule has 0 aliphatic carbocycles. The van der Waals surface area contributed by atoms with Crippen molar-refractivity contribution in [1.29, 1.82) is 0 Å². The van der Waals surface area contributed by atoms with Crippen molar-refractivity contribution in [2.24, 2.45) is 0 Å². The zero-order valence-corrected chi connectivity index (χ0v) is 12.3. The molecule has 21 heavy (non-hydrogen) atoms. The quantitative estimate of drug-likeness (QED) is 0.641. The standard InChI is InChI=1S/C16H13ClF2N2/c1-8(2)14-5-9-3-12(17)11(6-15(9)21-14)10-4-13(18)16(19)20-7-10/h3-8,21H,1-2H3. The Bertz CT molecular complexity index is 825. The van der Waals surface area contributed by atoms with Crippen LogP contribution in [0.3, 0.4) is 0 Å². The average molecular weight is 307 g/mol. The van der Waals surface area contributed by atoms with E-state index in [1.54, 1.807) is 0 Å². The molecule has 0 aliphatic rings. The highest BCUT2D eigenvalue weighted by molar-refractivity contribution is 6.34. The summed E-state index contributed by atoms with van der Waals surface area (Å²) in [6, 6.07) is 6.79. The summed E-state index contributed by atoms with van der Waals surface area (Å²) in [7, 11) is 0. The third-order valence-electron chi connectivity index (χ3n) is 3.46. The number of rotatable bonds is 2. The van der Waals surface area contributed by atoms with Crippen LogP contribution in [0.5, 0.6) is 0 Å². The van der Waals surface area contributed by atoms with Crippen molar-refractivity contribution in [3.63, 3.8) is 0 Å². The Balaban J connectivity index is 2.17. The second-order valence-corrected chi connectivity index (χ2v) is 5.70.